The Balaban J connectivity index is 2.06. The van der Waals surface area contributed by atoms with E-state index >= 15 is 0 Å². The molecule has 1 atom stereocenters. The van der Waals surface area contributed by atoms with Crippen LogP contribution in [0, 0.1) is 17.3 Å². The monoisotopic (exact) mass is 230 g/mol. The Morgan fingerprint density at radius 1 is 1.41 bits per heavy atom. The topological polar surface area (TPSA) is 46.5 Å². The van der Waals surface area contributed by atoms with Crippen molar-refractivity contribution in [3.63, 3.8) is 0 Å². The minimum Gasteiger partial charge on any atom is -0.481 e. The standard InChI is InChI=1S/C14H14O3/c15-13(16)14(9-10-17-11-14)8-4-7-12-5-2-1-3-6-12/h1-3,5-6H,8-11H2,(H,15,16). The number of carbonyl (C=O) groups is 1. The first-order valence-corrected chi connectivity index (χ1v) is 5.58. The third-order valence-corrected chi connectivity index (χ3v) is 2.99. The van der Waals surface area contributed by atoms with Gasteiger partial charge in [-0.1, -0.05) is 30.0 Å². The highest BCUT2D eigenvalue weighted by Gasteiger charge is 2.41. The molecule has 1 N–H and O–H groups in total. The molecule has 1 aliphatic heterocycles. The Labute approximate surface area is 100 Å². The largest absolute Gasteiger partial charge is 0.481 e. The fourth-order valence-electron chi connectivity index (χ4n) is 1.83. The fourth-order valence-corrected chi connectivity index (χ4v) is 1.83. The number of rotatable bonds is 2. The molecule has 2 rings (SSSR count). The van der Waals surface area contributed by atoms with Gasteiger partial charge in [0.05, 0.1) is 6.61 Å². The zero-order chi connectivity index (χ0) is 12.1. The van der Waals surface area contributed by atoms with Crippen molar-refractivity contribution in [2.45, 2.75) is 12.8 Å². The fraction of sp³-hybridized carbons (Fsp3) is 0.357. The first kappa shape index (κ1) is 11.7. The Kier molecular flexibility index (Phi) is 3.46. The molecule has 0 spiro atoms. The summed E-state index contributed by atoms with van der Waals surface area (Å²) < 4.78 is 5.18. The molecule has 1 unspecified atom stereocenters. The predicted molar refractivity (Wildman–Crippen MR) is 63.4 cm³/mol. The molecule has 0 saturated carbocycles. The van der Waals surface area contributed by atoms with Crippen molar-refractivity contribution in [3.05, 3.63) is 35.9 Å². The summed E-state index contributed by atoms with van der Waals surface area (Å²) in [5.41, 5.74) is 0.105. The second-order valence-corrected chi connectivity index (χ2v) is 4.23. The maximum absolute atomic E-state index is 11.2. The van der Waals surface area contributed by atoms with Crippen molar-refractivity contribution in [2.75, 3.05) is 13.2 Å². The Morgan fingerprint density at radius 3 is 2.76 bits per heavy atom. The van der Waals surface area contributed by atoms with Crippen LogP contribution in [0.2, 0.25) is 0 Å². The lowest BCUT2D eigenvalue weighted by Crippen LogP contribution is -2.30. The van der Waals surface area contributed by atoms with Gasteiger partial charge in [-0.2, -0.15) is 0 Å². The smallest absolute Gasteiger partial charge is 0.313 e. The molecule has 88 valence electrons. The first-order chi connectivity index (χ1) is 8.23. The van der Waals surface area contributed by atoms with Crippen LogP contribution in [0.15, 0.2) is 30.3 Å². The van der Waals surface area contributed by atoms with Gasteiger partial charge < -0.3 is 9.84 Å². The number of carboxylic acid groups (broad SMARTS) is 1. The van der Waals surface area contributed by atoms with E-state index in [9.17, 15) is 9.90 Å². The molecule has 0 aromatic heterocycles. The van der Waals surface area contributed by atoms with E-state index in [2.05, 4.69) is 11.8 Å². The minimum atomic E-state index is -0.808. The summed E-state index contributed by atoms with van der Waals surface area (Å²) in [6, 6.07) is 9.57. The summed E-state index contributed by atoms with van der Waals surface area (Å²) >= 11 is 0. The quantitative estimate of drug-likeness (QED) is 0.789. The Morgan fingerprint density at radius 2 is 2.18 bits per heavy atom. The molecular formula is C14H14O3. The van der Waals surface area contributed by atoms with Crippen LogP contribution >= 0.6 is 0 Å². The minimum absolute atomic E-state index is 0.270. The van der Waals surface area contributed by atoms with E-state index in [1.165, 1.54) is 0 Å². The van der Waals surface area contributed by atoms with Crippen molar-refractivity contribution < 1.29 is 14.6 Å². The van der Waals surface area contributed by atoms with E-state index in [-0.39, 0.29) is 6.61 Å². The second kappa shape index (κ2) is 5.03. The highest BCUT2D eigenvalue weighted by molar-refractivity contribution is 5.75. The average molecular weight is 230 g/mol. The highest BCUT2D eigenvalue weighted by atomic mass is 16.5. The molecule has 1 aromatic rings. The molecule has 1 aromatic carbocycles. The van der Waals surface area contributed by atoms with Crippen molar-refractivity contribution in [1.29, 1.82) is 0 Å². The highest BCUT2D eigenvalue weighted by Crippen LogP contribution is 2.32. The van der Waals surface area contributed by atoms with Crippen LogP contribution in [-0.2, 0) is 9.53 Å². The molecule has 1 aliphatic rings. The van der Waals surface area contributed by atoms with Crippen LogP contribution in [0.25, 0.3) is 0 Å². The number of carboxylic acids is 1. The Hall–Kier alpha value is -1.79. The van der Waals surface area contributed by atoms with Crippen LogP contribution in [0.1, 0.15) is 18.4 Å². The van der Waals surface area contributed by atoms with E-state index in [4.69, 9.17) is 4.74 Å². The van der Waals surface area contributed by atoms with Crippen LogP contribution < -0.4 is 0 Å². The normalized spacial score (nSPS) is 22.8. The van der Waals surface area contributed by atoms with Gasteiger partial charge in [-0.3, -0.25) is 4.79 Å². The van der Waals surface area contributed by atoms with E-state index in [1.54, 1.807) is 0 Å². The SMILES string of the molecule is O=C(O)C1(CC#Cc2ccccc2)CCOC1. The lowest BCUT2D eigenvalue weighted by atomic mass is 9.84. The zero-order valence-corrected chi connectivity index (χ0v) is 9.48. The van der Waals surface area contributed by atoms with Gasteiger partial charge in [-0.25, -0.2) is 0 Å². The maximum atomic E-state index is 11.2. The van der Waals surface area contributed by atoms with Crippen LogP contribution in [0.5, 0.6) is 0 Å². The number of hydrogen-bond donors (Lipinski definition) is 1. The van der Waals surface area contributed by atoms with Crippen molar-refractivity contribution >= 4 is 5.97 Å². The maximum Gasteiger partial charge on any atom is 0.313 e. The average Bonchev–Trinajstić information content (AvgIpc) is 2.80. The van der Waals surface area contributed by atoms with Crippen LogP contribution in [0.3, 0.4) is 0 Å². The molecule has 1 saturated heterocycles. The molecule has 17 heavy (non-hydrogen) atoms. The van der Waals surface area contributed by atoms with Gasteiger partial charge in [0.2, 0.25) is 0 Å². The lowest BCUT2D eigenvalue weighted by molar-refractivity contribution is -0.148. The molecule has 1 fully saturated rings. The molecule has 3 heteroatoms. The number of benzene rings is 1. The van der Waals surface area contributed by atoms with Crippen molar-refractivity contribution in [3.8, 4) is 11.8 Å². The zero-order valence-electron chi connectivity index (χ0n) is 9.48. The van der Waals surface area contributed by atoms with Crippen molar-refractivity contribution in [1.82, 2.24) is 0 Å². The summed E-state index contributed by atoms with van der Waals surface area (Å²) in [7, 11) is 0. The molecule has 0 radical (unpaired) electrons. The van der Waals surface area contributed by atoms with Gasteiger partial charge in [-0.15, -0.1) is 0 Å². The molecule has 3 nitrogen and oxygen atoms in total. The summed E-state index contributed by atoms with van der Waals surface area (Å²) in [6.07, 6.45) is 0.892. The molecular weight excluding hydrogens is 216 g/mol. The second-order valence-electron chi connectivity index (χ2n) is 4.23. The summed E-state index contributed by atoms with van der Waals surface area (Å²) in [5.74, 6) is 5.13. The van der Waals surface area contributed by atoms with E-state index in [1.807, 2.05) is 30.3 Å². The van der Waals surface area contributed by atoms with Crippen molar-refractivity contribution in [2.24, 2.45) is 5.41 Å². The summed E-state index contributed by atoms with van der Waals surface area (Å²) in [5, 5.41) is 9.21. The van der Waals surface area contributed by atoms with Gasteiger partial charge in [0.15, 0.2) is 0 Å². The van der Waals surface area contributed by atoms with E-state index < -0.39 is 11.4 Å². The van der Waals surface area contributed by atoms with Gasteiger partial charge in [0.25, 0.3) is 0 Å². The number of ether oxygens (including phenoxy) is 1. The summed E-state index contributed by atoms with van der Waals surface area (Å²) in [4.78, 5) is 11.2. The van der Waals surface area contributed by atoms with Gasteiger partial charge in [0.1, 0.15) is 5.41 Å². The van der Waals surface area contributed by atoms with E-state index in [0.717, 1.165) is 5.56 Å². The van der Waals surface area contributed by atoms with Crippen LogP contribution in [0.4, 0.5) is 0 Å². The molecule has 0 amide bonds. The number of hydrogen-bond acceptors (Lipinski definition) is 2. The lowest BCUT2D eigenvalue weighted by Gasteiger charge is -2.18. The van der Waals surface area contributed by atoms with Gasteiger partial charge in [-0.05, 0) is 18.6 Å². The third kappa shape index (κ3) is 2.66. The predicted octanol–water partition coefficient (Wildman–Crippen LogP) is 1.92. The van der Waals surface area contributed by atoms with Crippen LogP contribution in [-0.4, -0.2) is 24.3 Å². The first-order valence-electron chi connectivity index (χ1n) is 5.58. The molecule has 0 aliphatic carbocycles. The molecule has 1 heterocycles. The third-order valence-electron chi connectivity index (χ3n) is 2.99. The van der Waals surface area contributed by atoms with E-state index in [0.29, 0.717) is 19.4 Å². The molecule has 0 bridgehead atoms. The Bertz CT molecular complexity index is 447. The summed E-state index contributed by atoms with van der Waals surface area (Å²) in [6.45, 7) is 0.783. The van der Waals surface area contributed by atoms with Gasteiger partial charge >= 0.3 is 5.97 Å². The van der Waals surface area contributed by atoms with Gasteiger partial charge in [0, 0.05) is 18.6 Å². The number of aliphatic carboxylic acids is 1.